The van der Waals surface area contributed by atoms with Gasteiger partial charge in [0.2, 0.25) is 5.91 Å². The van der Waals surface area contributed by atoms with Crippen LogP contribution in [0.2, 0.25) is 0 Å². The van der Waals surface area contributed by atoms with E-state index in [0.717, 1.165) is 45.3 Å². The predicted octanol–water partition coefficient (Wildman–Crippen LogP) is 1.19. The zero-order chi connectivity index (χ0) is 11.9. The van der Waals surface area contributed by atoms with E-state index in [9.17, 15) is 4.79 Å². The predicted molar refractivity (Wildman–Crippen MR) is 64.1 cm³/mol. The van der Waals surface area contributed by atoms with Crippen LogP contribution in [0, 0.1) is 0 Å². The van der Waals surface area contributed by atoms with Gasteiger partial charge in [-0.1, -0.05) is 12.8 Å². The van der Waals surface area contributed by atoms with Crippen molar-refractivity contribution in [1.29, 1.82) is 0 Å². The minimum Gasteiger partial charge on any atom is -0.379 e. The highest BCUT2D eigenvalue weighted by molar-refractivity contribution is 5.76. The molecule has 1 heterocycles. The van der Waals surface area contributed by atoms with Crippen molar-refractivity contribution in [3.63, 3.8) is 0 Å². The first-order valence-electron chi connectivity index (χ1n) is 6.25. The van der Waals surface area contributed by atoms with E-state index < -0.39 is 0 Å². The molecule has 16 heavy (non-hydrogen) atoms. The van der Waals surface area contributed by atoms with Crippen LogP contribution in [-0.4, -0.2) is 31.2 Å². The van der Waals surface area contributed by atoms with Gasteiger partial charge in [0, 0.05) is 13.0 Å². The lowest BCUT2D eigenvalue weighted by molar-refractivity contribution is -0.123. The largest absolute Gasteiger partial charge is 0.379 e. The number of nitrogens with one attached hydrogen (secondary N) is 1. The smallest absolute Gasteiger partial charge is 0.220 e. The molecule has 1 aliphatic rings. The summed E-state index contributed by atoms with van der Waals surface area (Å²) in [6.45, 7) is 4.20. The molecule has 0 aromatic heterocycles. The second-order valence-corrected chi connectivity index (χ2v) is 4.86. The molecule has 4 heteroatoms. The monoisotopic (exact) mass is 228 g/mol. The summed E-state index contributed by atoms with van der Waals surface area (Å²) in [5.41, 5.74) is 5.27. The van der Waals surface area contributed by atoms with Gasteiger partial charge in [-0.25, -0.2) is 0 Å². The molecule has 0 aromatic carbocycles. The molecule has 0 spiro atoms. The van der Waals surface area contributed by atoms with Crippen molar-refractivity contribution in [3.8, 4) is 0 Å². The van der Waals surface area contributed by atoms with Crippen molar-refractivity contribution in [2.75, 3.05) is 19.8 Å². The first-order chi connectivity index (χ1) is 7.66. The number of rotatable bonds is 7. The van der Waals surface area contributed by atoms with Crippen LogP contribution < -0.4 is 11.1 Å². The lowest BCUT2D eigenvalue weighted by Gasteiger charge is -2.23. The van der Waals surface area contributed by atoms with Crippen LogP contribution in [0.4, 0.5) is 0 Å². The third-order valence-corrected chi connectivity index (χ3v) is 3.02. The molecule has 0 aliphatic carbocycles. The molecule has 1 rings (SSSR count). The first-order valence-corrected chi connectivity index (χ1v) is 6.25. The third kappa shape index (κ3) is 4.94. The Hall–Kier alpha value is -0.610. The van der Waals surface area contributed by atoms with Gasteiger partial charge in [0.1, 0.15) is 0 Å². The van der Waals surface area contributed by atoms with Crippen LogP contribution in [0.3, 0.4) is 0 Å². The van der Waals surface area contributed by atoms with Gasteiger partial charge in [-0.05, 0) is 32.7 Å². The standard InChI is InChI=1S/C12H24N2O2/c1-12(7-9-16-10-12)14-11(15)6-4-2-3-5-8-13/h2-10,13H2,1H3,(H,14,15). The number of nitrogens with two attached hydrogens (primary N) is 1. The summed E-state index contributed by atoms with van der Waals surface area (Å²) >= 11 is 0. The Bertz CT molecular complexity index is 213. The van der Waals surface area contributed by atoms with E-state index in [1.807, 2.05) is 6.92 Å². The van der Waals surface area contributed by atoms with E-state index in [1.54, 1.807) is 0 Å². The Kier molecular flexibility index (Phi) is 5.77. The minimum absolute atomic E-state index is 0.131. The van der Waals surface area contributed by atoms with Crippen molar-refractivity contribution in [2.24, 2.45) is 5.73 Å². The fraction of sp³-hybridized carbons (Fsp3) is 0.917. The van der Waals surface area contributed by atoms with E-state index in [4.69, 9.17) is 10.5 Å². The molecule has 1 fully saturated rings. The van der Waals surface area contributed by atoms with Gasteiger partial charge < -0.3 is 15.8 Å². The van der Waals surface area contributed by atoms with Gasteiger partial charge in [-0.15, -0.1) is 0 Å². The van der Waals surface area contributed by atoms with Crippen LogP contribution in [0.15, 0.2) is 0 Å². The Balaban J connectivity index is 2.06. The number of hydrogen-bond acceptors (Lipinski definition) is 3. The summed E-state index contributed by atoms with van der Waals surface area (Å²) in [5, 5.41) is 3.06. The van der Waals surface area contributed by atoms with E-state index >= 15 is 0 Å². The van der Waals surface area contributed by atoms with Crippen LogP contribution in [-0.2, 0) is 9.53 Å². The molecule has 0 aromatic rings. The fourth-order valence-corrected chi connectivity index (χ4v) is 1.95. The van der Waals surface area contributed by atoms with Crippen molar-refractivity contribution in [1.82, 2.24) is 5.32 Å². The quantitative estimate of drug-likeness (QED) is 0.643. The summed E-state index contributed by atoms with van der Waals surface area (Å²) in [6, 6.07) is 0. The second-order valence-electron chi connectivity index (χ2n) is 4.86. The maximum absolute atomic E-state index is 11.6. The highest BCUT2D eigenvalue weighted by Crippen LogP contribution is 2.17. The maximum atomic E-state index is 11.6. The average Bonchev–Trinajstić information content (AvgIpc) is 2.64. The molecule has 0 saturated carbocycles. The van der Waals surface area contributed by atoms with Gasteiger partial charge in [-0.2, -0.15) is 0 Å². The normalized spacial score (nSPS) is 24.6. The topological polar surface area (TPSA) is 64.4 Å². The summed E-state index contributed by atoms with van der Waals surface area (Å²) < 4.78 is 5.29. The van der Waals surface area contributed by atoms with E-state index in [0.29, 0.717) is 13.0 Å². The molecule has 3 N–H and O–H groups in total. The van der Waals surface area contributed by atoms with Crippen LogP contribution in [0.1, 0.15) is 45.4 Å². The van der Waals surface area contributed by atoms with Gasteiger partial charge in [0.25, 0.3) is 0 Å². The van der Waals surface area contributed by atoms with Crippen LogP contribution in [0.25, 0.3) is 0 Å². The summed E-state index contributed by atoms with van der Waals surface area (Å²) in [7, 11) is 0. The average molecular weight is 228 g/mol. The van der Waals surface area contributed by atoms with Crippen molar-refractivity contribution < 1.29 is 9.53 Å². The lowest BCUT2D eigenvalue weighted by atomic mass is 10.0. The number of carbonyl (C=O) groups is 1. The van der Waals surface area contributed by atoms with Gasteiger partial charge in [0.05, 0.1) is 12.1 Å². The molecular formula is C12H24N2O2. The van der Waals surface area contributed by atoms with Crippen LogP contribution in [0.5, 0.6) is 0 Å². The van der Waals surface area contributed by atoms with Crippen LogP contribution >= 0.6 is 0 Å². The zero-order valence-corrected chi connectivity index (χ0v) is 10.3. The number of ether oxygens (including phenoxy) is 1. The Morgan fingerprint density at radius 3 is 2.75 bits per heavy atom. The molecule has 1 unspecified atom stereocenters. The second kappa shape index (κ2) is 6.86. The SMILES string of the molecule is CC1(NC(=O)CCCCCCN)CCOC1. The Morgan fingerprint density at radius 1 is 1.38 bits per heavy atom. The number of hydrogen-bond donors (Lipinski definition) is 2. The molecule has 1 amide bonds. The molecule has 0 radical (unpaired) electrons. The molecule has 4 nitrogen and oxygen atoms in total. The Labute approximate surface area is 97.9 Å². The molecule has 94 valence electrons. The van der Waals surface area contributed by atoms with Crippen molar-refractivity contribution in [2.45, 2.75) is 51.0 Å². The maximum Gasteiger partial charge on any atom is 0.220 e. The zero-order valence-electron chi connectivity index (χ0n) is 10.3. The first kappa shape index (κ1) is 13.5. The van der Waals surface area contributed by atoms with E-state index in [-0.39, 0.29) is 11.4 Å². The van der Waals surface area contributed by atoms with Gasteiger partial charge >= 0.3 is 0 Å². The number of amides is 1. The van der Waals surface area contributed by atoms with Gasteiger partial charge in [-0.3, -0.25) is 4.79 Å². The molecule has 1 aliphatic heterocycles. The van der Waals surface area contributed by atoms with Crippen molar-refractivity contribution in [3.05, 3.63) is 0 Å². The Morgan fingerprint density at radius 2 is 2.12 bits per heavy atom. The number of unbranched alkanes of at least 4 members (excludes halogenated alkanes) is 3. The van der Waals surface area contributed by atoms with Gasteiger partial charge in [0.15, 0.2) is 0 Å². The van der Waals surface area contributed by atoms with Crippen molar-refractivity contribution >= 4 is 5.91 Å². The summed E-state index contributed by atoms with van der Waals surface area (Å²) in [6.07, 6.45) is 5.80. The fourth-order valence-electron chi connectivity index (χ4n) is 1.95. The molecule has 0 bridgehead atoms. The molecule has 1 atom stereocenters. The van der Waals surface area contributed by atoms with E-state index in [2.05, 4.69) is 5.32 Å². The lowest BCUT2D eigenvalue weighted by Crippen LogP contribution is -2.46. The highest BCUT2D eigenvalue weighted by atomic mass is 16.5. The molecular weight excluding hydrogens is 204 g/mol. The summed E-state index contributed by atoms with van der Waals surface area (Å²) in [4.78, 5) is 11.6. The number of carbonyl (C=O) groups excluding carboxylic acids is 1. The third-order valence-electron chi connectivity index (χ3n) is 3.02. The summed E-state index contributed by atoms with van der Waals surface area (Å²) in [5.74, 6) is 0.153. The highest BCUT2D eigenvalue weighted by Gasteiger charge is 2.30. The minimum atomic E-state index is -0.131. The molecule has 1 saturated heterocycles. The van der Waals surface area contributed by atoms with E-state index in [1.165, 1.54) is 0 Å².